The van der Waals surface area contributed by atoms with Crippen LogP contribution in [0.5, 0.6) is 0 Å². The average Bonchev–Trinajstić information content (AvgIpc) is 3.38. The Labute approximate surface area is 184 Å². The van der Waals surface area contributed by atoms with E-state index in [4.69, 9.17) is 17.0 Å². The fourth-order valence-corrected chi connectivity index (χ4v) is 11.2. The van der Waals surface area contributed by atoms with E-state index in [9.17, 15) is 0 Å². The van der Waals surface area contributed by atoms with E-state index in [1.807, 2.05) is 18.2 Å². The third-order valence-corrected chi connectivity index (χ3v) is 13.0. The fraction of sp³-hybridized carbons (Fsp3) is 0. The van der Waals surface area contributed by atoms with E-state index < -0.39 is 16.3 Å². The molecule has 0 atom stereocenters. The Morgan fingerprint density at radius 2 is 1.04 bits per heavy atom. The standard InChI is InChI=1S/2C9H7.C6H5.Al.2ClH.Zr/c2*1-2-5-9-7-3-6-8(9)4-1;1-2-4-6-5-3-1;;;;/h2*1-7H;1-5H;;2*1H;/q2*-1;;;;;+2/p-2. The minimum atomic E-state index is -1.85. The molecule has 0 aliphatic heterocycles. The van der Waals surface area contributed by atoms with Crippen molar-refractivity contribution in [3.63, 3.8) is 0 Å². The van der Waals surface area contributed by atoms with Crippen molar-refractivity contribution in [2.45, 2.75) is 0 Å². The van der Waals surface area contributed by atoms with Crippen LogP contribution in [-0.4, -0.2) is 10.9 Å². The van der Waals surface area contributed by atoms with E-state index in [1.165, 1.54) is 26.0 Å². The third kappa shape index (κ3) is 7.04. The predicted molar refractivity (Wildman–Crippen MR) is 123 cm³/mol. The summed E-state index contributed by atoms with van der Waals surface area (Å²) in [6, 6.07) is 39.6. The Morgan fingerprint density at radius 1 is 0.571 bits per heavy atom. The molecule has 0 N–H and O–H groups in total. The molecule has 138 valence electrons. The van der Waals surface area contributed by atoms with E-state index in [-0.39, 0.29) is 10.9 Å². The molecule has 5 aromatic carbocycles. The van der Waals surface area contributed by atoms with Crippen LogP contribution < -0.4 is 4.43 Å². The van der Waals surface area contributed by atoms with Crippen molar-refractivity contribution in [1.29, 1.82) is 0 Å². The van der Waals surface area contributed by atoms with Crippen molar-refractivity contribution in [2.24, 2.45) is 0 Å². The van der Waals surface area contributed by atoms with Crippen LogP contribution in [0.2, 0.25) is 0 Å². The van der Waals surface area contributed by atoms with Crippen LogP contribution >= 0.6 is 17.0 Å². The van der Waals surface area contributed by atoms with Gasteiger partial charge in [0.05, 0.1) is 0 Å². The maximum atomic E-state index is 5.81. The van der Waals surface area contributed by atoms with Crippen LogP contribution in [0.3, 0.4) is 0 Å². The van der Waals surface area contributed by atoms with Crippen molar-refractivity contribution in [2.75, 3.05) is 0 Å². The van der Waals surface area contributed by atoms with Gasteiger partial charge in [-0.2, -0.15) is 35.0 Å². The van der Waals surface area contributed by atoms with Crippen molar-refractivity contribution in [1.82, 2.24) is 0 Å². The van der Waals surface area contributed by atoms with Crippen LogP contribution in [0, 0.1) is 0 Å². The van der Waals surface area contributed by atoms with Gasteiger partial charge in [0, 0.05) is 0 Å². The molecule has 0 bridgehead atoms. The topological polar surface area (TPSA) is 0 Å². The third-order valence-electron chi connectivity index (χ3n) is 4.17. The molecule has 0 saturated carbocycles. The van der Waals surface area contributed by atoms with Crippen molar-refractivity contribution >= 4 is 53.9 Å². The number of rotatable bonds is 1. The summed E-state index contributed by atoms with van der Waals surface area (Å²) in [4.78, 5) is 0. The first-order valence-corrected chi connectivity index (χ1v) is 20.8. The molecule has 0 aromatic heterocycles. The van der Waals surface area contributed by atoms with Crippen molar-refractivity contribution in [3.05, 3.63) is 115 Å². The van der Waals surface area contributed by atoms with Gasteiger partial charge in [-0.3, -0.25) is 0 Å². The second kappa shape index (κ2) is 11.8. The number of fused-ring (bicyclic) bond motifs is 2. The second-order valence-corrected chi connectivity index (χ2v) is 24.4. The van der Waals surface area contributed by atoms with E-state index in [0.717, 1.165) is 0 Å². The molecule has 0 saturated heterocycles. The molecule has 28 heavy (non-hydrogen) atoms. The second-order valence-electron chi connectivity index (χ2n) is 6.15. The smallest absolute Gasteiger partial charge is 0.0809 e. The molecule has 5 aromatic rings. The van der Waals surface area contributed by atoms with Gasteiger partial charge in [0.25, 0.3) is 0 Å². The van der Waals surface area contributed by atoms with E-state index in [1.54, 1.807) is 0 Å². The minimum Gasteiger partial charge on any atom is -0.168 e. The van der Waals surface area contributed by atoms with Gasteiger partial charge < -0.3 is 0 Å². The SMILES string of the molecule is [Cl][Zr]([Cl])=[Al][c]1ccccc1.c1ccc2[cH-]ccc2c1.c1ccc2[cH-]ccc2c1. The summed E-state index contributed by atoms with van der Waals surface area (Å²) in [5, 5.41) is 5.32. The molecular weight excluding hydrogens is 477 g/mol. The summed E-state index contributed by atoms with van der Waals surface area (Å²) >= 11 is -1.85. The van der Waals surface area contributed by atoms with Crippen LogP contribution in [-0.2, 0) is 16.3 Å². The molecule has 0 fully saturated rings. The summed E-state index contributed by atoms with van der Waals surface area (Å²) in [5.74, 6) is 0. The monoisotopic (exact) mass is 494 g/mol. The molecule has 0 aliphatic carbocycles. The molecule has 0 aliphatic rings. The molecule has 0 heterocycles. The molecule has 5 rings (SSSR count). The Bertz CT molecular complexity index is 1010. The van der Waals surface area contributed by atoms with Gasteiger partial charge in [0.1, 0.15) is 0 Å². The minimum absolute atomic E-state index is 0.220. The fourth-order valence-electron chi connectivity index (χ4n) is 2.82. The quantitative estimate of drug-likeness (QED) is 0.174. The number of hydrogen-bond donors (Lipinski definition) is 0. The number of hydrogen-bond acceptors (Lipinski definition) is 0. The van der Waals surface area contributed by atoms with Crippen molar-refractivity contribution < 1.29 is 16.3 Å². The first-order chi connectivity index (χ1) is 13.7. The first-order valence-electron chi connectivity index (χ1n) is 9.01. The predicted octanol–water partition coefficient (Wildman–Crippen LogP) is 6.97. The summed E-state index contributed by atoms with van der Waals surface area (Å²) in [6.07, 6.45) is 0. The van der Waals surface area contributed by atoms with Gasteiger partial charge in [-0.25, -0.2) is 0 Å². The maximum absolute atomic E-state index is 5.81. The van der Waals surface area contributed by atoms with Crippen molar-refractivity contribution in [3.8, 4) is 0 Å². The molecule has 0 amide bonds. The Morgan fingerprint density at radius 3 is 1.50 bits per heavy atom. The largest absolute Gasteiger partial charge is 0.168 e. The zero-order valence-electron chi connectivity index (χ0n) is 15.3. The molecule has 4 heteroatoms. The number of benzene rings is 3. The Balaban J connectivity index is 0.000000121. The Hall–Kier alpha value is -1.12. The van der Waals surface area contributed by atoms with Crippen LogP contribution in [0.4, 0.5) is 0 Å². The van der Waals surface area contributed by atoms with E-state index in [2.05, 4.69) is 97.1 Å². The average molecular weight is 497 g/mol. The first kappa shape index (κ1) is 21.6. The molecule has 0 unspecified atom stereocenters. The van der Waals surface area contributed by atoms with Crippen LogP contribution in [0.15, 0.2) is 115 Å². The molecule has 0 radical (unpaired) electrons. The maximum Gasteiger partial charge on any atom is -0.0809 e. The van der Waals surface area contributed by atoms with Crippen LogP contribution in [0.1, 0.15) is 0 Å². The van der Waals surface area contributed by atoms with Crippen LogP contribution in [0.25, 0.3) is 21.5 Å². The zero-order valence-corrected chi connectivity index (χ0v) is 20.4. The molecule has 0 spiro atoms. The Kier molecular flexibility index (Phi) is 9.08. The van der Waals surface area contributed by atoms with Gasteiger partial charge in [-0.15, -0.1) is 59.3 Å². The zero-order chi connectivity index (χ0) is 19.6. The van der Waals surface area contributed by atoms with E-state index in [0.29, 0.717) is 0 Å². The molecular formula is C24H19AlCl2Zr-2. The van der Waals surface area contributed by atoms with Gasteiger partial charge in [0.2, 0.25) is 0 Å². The molecule has 0 nitrogen and oxygen atoms in total. The van der Waals surface area contributed by atoms with Gasteiger partial charge in [0.15, 0.2) is 0 Å². The van der Waals surface area contributed by atoms with Gasteiger partial charge >= 0.3 is 79.0 Å². The normalized spacial score (nSPS) is 9.64. The summed E-state index contributed by atoms with van der Waals surface area (Å²) < 4.78 is 1.35. The van der Waals surface area contributed by atoms with E-state index >= 15 is 0 Å². The summed E-state index contributed by atoms with van der Waals surface area (Å²) in [6.45, 7) is 0. The number of halogens is 2. The summed E-state index contributed by atoms with van der Waals surface area (Å²) in [5.41, 5.74) is 0. The van der Waals surface area contributed by atoms with Gasteiger partial charge in [-0.05, 0) is 0 Å². The summed E-state index contributed by atoms with van der Waals surface area (Å²) in [7, 11) is 11.8. The van der Waals surface area contributed by atoms with Gasteiger partial charge in [-0.1, -0.05) is 12.1 Å².